The standard InChI is InChI=1S/C30H37F2N3.C9H8FN/c1-6-7-12-29(35(4)5)13-15-30(16-14-29,27-19(2)23-17-21(31)8-10-25(23)33-27)28-20(3)24-18-22(32)9-11-26(24)34-28;1-6-5-11-9-3-2-7(10)4-8(6)9/h8-11,17-18,33-34H,6-7,12-16H2,1-5H3;2-5,11H,1H3. The number of aromatic amines is 3. The molecule has 7 rings (SSSR count). The minimum absolute atomic E-state index is 0.178. The van der Waals surface area contributed by atoms with Crippen molar-refractivity contribution in [1.29, 1.82) is 0 Å². The summed E-state index contributed by atoms with van der Waals surface area (Å²) in [6.45, 7) is 8.44. The molecule has 46 heavy (non-hydrogen) atoms. The Hall–Kier alpha value is -3.97. The van der Waals surface area contributed by atoms with E-state index < -0.39 is 0 Å². The van der Waals surface area contributed by atoms with Gasteiger partial charge in [-0.2, -0.15) is 0 Å². The molecule has 0 saturated heterocycles. The van der Waals surface area contributed by atoms with Crippen LogP contribution in [0, 0.1) is 38.2 Å². The topological polar surface area (TPSA) is 50.6 Å². The Morgan fingerprint density at radius 1 is 0.674 bits per heavy atom. The van der Waals surface area contributed by atoms with Crippen LogP contribution in [0.5, 0.6) is 0 Å². The van der Waals surface area contributed by atoms with Gasteiger partial charge < -0.3 is 19.9 Å². The molecule has 3 aromatic carbocycles. The maximum absolute atomic E-state index is 14.2. The molecule has 242 valence electrons. The van der Waals surface area contributed by atoms with Crippen LogP contribution in [-0.2, 0) is 5.41 Å². The summed E-state index contributed by atoms with van der Waals surface area (Å²) in [4.78, 5) is 12.9. The van der Waals surface area contributed by atoms with E-state index in [0.29, 0.717) is 0 Å². The van der Waals surface area contributed by atoms with E-state index in [1.165, 1.54) is 37.5 Å². The lowest BCUT2D eigenvalue weighted by Crippen LogP contribution is -2.51. The fourth-order valence-electron chi connectivity index (χ4n) is 7.98. The first-order chi connectivity index (χ1) is 22.0. The van der Waals surface area contributed by atoms with Crippen LogP contribution < -0.4 is 0 Å². The summed E-state index contributed by atoms with van der Waals surface area (Å²) in [7, 11) is 4.44. The highest BCUT2D eigenvalue weighted by molar-refractivity contribution is 5.87. The zero-order valence-electron chi connectivity index (χ0n) is 27.8. The molecule has 0 aliphatic heterocycles. The Morgan fingerprint density at radius 3 is 1.63 bits per heavy atom. The second-order valence-electron chi connectivity index (χ2n) is 13.6. The normalized spacial score (nSPS) is 16.0. The predicted octanol–water partition coefficient (Wildman–Crippen LogP) is 10.5. The molecule has 0 spiro atoms. The molecule has 1 aliphatic rings. The highest BCUT2D eigenvalue weighted by Gasteiger charge is 2.48. The number of hydrogen-bond donors (Lipinski definition) is 3. The lowest BCUT2D eigenvalue weighted by atomic mass is 9.61. The molecule has 4 nitrogen and oxygen atoms in total. The van der Waals surface area contributed by atoms with Crippen molar-refractivity contribution in [2.75, 3.05) is 14.1 Å². The Balaban J connectivity index is 0.000000283. The van der Waals surface area contributed by atoms with Crippen molar-refractivity contribution in [3.8, 4) is 0 Å². The summed E-state index contributed by atoms with van der Waals surface area (Å²) in [6.07, 6.45) is 9.59. The average molecular weight is 627 g/mol. The molecule has 1 saturated carbocycles. The predicted molar refractivity (Wildman–Crippen MR) is 184 cm³/mol. The molecule has 3 N–H and O–H groups in total. The number of unbranched alkanes of at least 4 members (excludes halogenated alkanes) is 1. The number of H-pyrrole nitrogens is 3. The highest BCUT2D eigenvalue weighted by atomic mass is 19.1. The second-order valence-corrected chi connectivity index (χ2v) is 13.6. The summed E-state index contributed by atoms with van der Waals surface area (Å²) in [5, 5.41) is 2.84. The van der Waals surface area contributed by atoms with Crippen molar-refractivity contribution in [3.05, 3.63) is 106 Å². The van der Waals surface area contributed by atoms with E-state index >= 15 is 0 Å². The van der Waals surface area contributed by atoms with Crippen LogP contribution in [-0.4, -0.2) is 39.5 Å². The van der Waals surface area contributed by atoms with Crippen LogP contribution in [0.4, 0.5) is 13.2 Å². The molecule has 1 fully saturated rings. The Kier molecular flexibility index (Phi) is 8.57. The molecule has 3 heterocycles. The van der Waals surface area contributed by atoms with Gasteiger partial charge >= 0.3 is 0 Å². The zero-order valence-corrected chi connectivity index (χ0v) is 27.8. The van der Waals surface area contributed by atoms with Gasteiger partial charge in [-0.3, -0.25) is 0 Å². The summed E-state index contributed by atoms with van der Waals surface area (Å²) >= 11 is 0. The minimum atomic E-state index is -0.273. The molecular formula is C39H45F3N4. The van der Waals surface area contributed by atoms with Gasteiger partial charge in [0.15, 0.2) is 0 Å². The highest BCUT2D eigenvalue weighted by Crippen LogP contribution is 2.52. The first-order valence-electron chi connectivity index (χ1n) is 16.5. The largest absolute Gasteiger partial charge is 0.361 e. The lowest BCUT2D eigenvalue weighted by molar-refractivity contribution is 0.0643. The van der Waals surface area contributed by atoms with Gasteiger partial charge in [-0.15, -0.1) is 0 Å². The van der Waals surface area contributed by atoms with Gasteiger partial charge in [0.2, 0.25) is 0 Å². The fourth-order valence-corrected chi connectivity index (χ4v) is 7.98. The van der Waals surface area contributed by atoms with Crippen molar-refractivity contribution >= 4 is 32.7 Å². The van der Waals surface area contributed by atoms with Crippen molar-refractivity contribution in [3.63, 3.8) is 0 Å². The fraction of sp³-hybridized carbons (Fsp3) is 0.385. The van der Waals surface area contributed by atoms with Gasteiger partial charge in [0, 0.05) is 55.8 Å². The van der Waals surface area contributed by atoms with Gasteiger partial charge in [0.05, 0.1) is 5.41 Å². The maximum Gasteiger partial charge on any atom is 0.123 e. The van der Waals surface area contributed by atoms with Crippen LogP contribution in [0.1, 0.15) is 79.9 Å². The number of nitrogens with zero attached hydrogens (tertiary/aromatic N) is 1. The number of aromatic nitrogens is 3. The summed E-state index contributed by atoms with van der Waals surface area (Å²) in [5.41, 5.74) is 8.45. The van der Waals surface area contributed by atoms with Gasteiger partial charge in [-0.05, 0) is 138 Å². The van der Waals surface area contributed by atoms with Crippen LogP contribution in [0.15, 0.2) is 60.8 Å². The van der Waals surface area contributed by atoms with Crippen LogP contribution >= 0.6 is 0 Å². The number of hydrogen-bond acceptors (Lipinski definition) is 1. The minimum Gasteiger partial charge on any atom is -0.361 e. The number of fused-ring (bicyclic) bond motifs is 3. The smallest absolute Gasteiger partial charge is 0.123 e. The first-order valence-corrected chi connectivity index (χ1v) is 16.5. The number of nitrogens with one attached hydrogen (secondary N) is 3. The first kappa shape index (κ1) is 32.0. The molecule has 0 bridgehead atoms. The quantitative estimate of drug-likeness (QED) is 0.169. The van der Waals surface area contributed by atoms with E-state index in [1.54, 1.807) is 24.3 Å². The summed E-state index contributed by atoms with van der Waals surface area (Å²) < 4.78 is 41.0. The lowest BCUT2D eigenvalue weighted by Gasteiger charge is -2.50. The molecule has 0 unspecified atom stereocenters. The van der Waals surface area contributed by atoms with Crippen molar-refractivity contribution in [2.45, 2.75) is 83.6 Å². The zero-order chi connectivity index (χ0) is 32.8. The van der Waals surface area contributed by atoms with Gasteiger partial charge in [0.1, 0.15) is 17.5 Å². The molecule has 3 aromatic heterocycles. The van der Waals surface area contributed by atoms with Gasteiger partial charge in [-0.25, -0.2) is 13.2 Å². The molecule has 7 heteroatoms. The Bertz CT molecular complexity index is 1910. The number of rotatable bonds is 6. The van der Waals surface area contributed by atoms with E-state index in [0.717, 1.165) is 86.5 Å². The Labute approximate surface area is 269 Å². The molecule has 1 aliphatic carbocycles. The van der Waals surface area contributed by atoms with Crippen molar-refractivity contribution < 1.29 is 13.2 Å². The van der Waals surface area contributed by atoms with E-state index in [-0.39, 0.29) is 28.4 Å². The number of halogens is 3. The molecular weight excluding hydrogens is 581 g/mol. The van der Waals surface area contributed by atoms with Gasteiger partial charge in [0.25, 0.3) is 0 Å². The molecule has 0 radical (unpaired) electrons. The summed E-state index contributed by atoms with van der Waals surface area (Å²) in [6, 6.07) is 14.8. The number of benzene rings is 3. The van der Waals surface area contributed by atoms with Crippen LogP contribution in [0.25, 0.3) is 32.7 Å². The molecule has 6 aromatic rings. The SMILES string of the molecule is CCCCC1(N(C)C)CCC(c2[nH]c3ccc(F)cc3c2C)(c2[nH]c3ccc(F)cc3c2C)CC1.Cc1c[nH]c2ccc(F)cc12. The van der Waals surface area contributed by atoms with Crippen molar-refractivity contribution in [1.82, 2.24) is 19.9 Å². The van der Waals surface area contributed by atoms with Crippen LogP contribution in [0.2, 0.25) is 0 Å². The molecule has 0 atom stereocenters. The third-order valence-corrected chi connectivity index (χ3v) is 10.8. The second kappa shape index (κ2) is 12.3. The van der Waals surface area contributed by atoms with E-state index in [1.807, 2.05) is 25.3 Å². The van der Waals surface area contributed by atoms with E-state index in [4.69, 9.17) is 0 Å². The Morgan fingerprint density at radius 2 is 1.15 bits per heavy atom. The van der Waals surface area contributed by atoms with E-state index in [9.17, 15) is 13.2 Å². The summed E-state index contributed by atoms with van der Waals surface area (Å²) in [5.74, 6) is -0.611. The van der Waals surface area contributed by atoms with E-state index in [2.05, 4.69) is 54.7 Å². The molecule has 0 amide bonds. The average Bonchev–Trinajstić information content (AvgIpc) is 3.69. The third-order valence-electron chi connectivity index (χ3n) is 10.8. The number of aryl methyl sites for hydroxylation is 3. The monoisotopic (exact) mass is 626 g/mol. The third kappa shape index (κ3) is 5.53. The van der Waals surface area contributed by atoms with Gasteiger partial charge in [-0.1, -0.05) is 19.8 Å². The maximum atomic E-state index is 14.2. The van der Waals surface area contributed by atoms with Crippen LogP contribution in [0.3, 0.4) is 0 Å². The van der Waals surface area contributed by atoms with Crippen molar-refractivity contribution in [2.24, 2.45) is 0 Å².